The quantitative estimate of drug-likeness (QED) is 0.507. The van der Waals surface area contributed by atoms with E-state index in [0.29, 0.717) is 24.1 Å². The molecule has 0 aliphatic carbocycles. The van der Waals surface area contributed by atoms with Gasteiger partial charge in [0, 0.05) is 27.2 Å². The standard InChI is InChI=1S/C19H29N3O5S/c1-14-13-15(19(24)27-4)8-9-17(14)28(25,26)20-10-6-12-22-11-5-7-16(22)18(23)21(2)3/h8-9,13,16,20H,5-7,10-12H2,1-4H3. The van der Waals surface area contributed by atoms with E-state index in [1.54, 1.807) is 25.9 Å². The number of methoxy groups -OCH3 is 1. The van der Waals surface area contributed by atoms with E-state index in [2.05, 4.69) is 14.4 Å². The van der Waals surface area contributed by atoms with Crippen molar-refractivity contribution in [3.05, 3.63) is 29.3 Å². The second-order valence-electron chi connectivity index (χ2n) is 7.15. The van der Waals surface area contributed by atoms with Gasteiger partial charge in [0.1, 0.15) is 0 Å². The summed E-state index contributed by atoms with van der Waals surface area (Å²) in [5, 5.41) is 0. The first-order chi connectivity index (χ1) is 13.2. The Morgan fingerprint density at radius 1 is 1.32 bits per heavy atom. The van der Waals surface area contributed by atoms with Crippen LogP contribution in [0.5, 0.6) is 0 Å². The van der Waals surface area contributed by atoms with E-state index in [-0.39, 0.29) is 23.4 Å². The minimum Gasteiger partial charge on any atom is -0.465 e. The Bertz CT molecular complexity index is 823. The molecule has 2 rings (SSSR count). The predicted octanol–water partition coefficient (Wildman–Crippen LogP) is 1.00. The topological polar surface area (TPSA) is 96.0 Å². The summed E-state index contributed by atoms with van der Waals surface area (Å²) in [7, 11) is 1.11. The first kappa shape index (κ1) is 22.3. The molecule has 1 aliphatic rings. The molecule has 1 saturated heterocycles. The number of ether oxygens (including phenoxy) is 1. The Balaban J connectivity index is 1.92. The first-order valence-electron chi connectivity index (χ1n) is 9.31. The van der Waals surface area contributed by atoms with Gasteiger partial charge in [-0.1, -0.05) is 0 Å². The van der Waals surface area contributed by atoms with Crippen LogP contribution in [-0.2, 0) is 19.6 Å². The van der Waals surface area contributed by atoms with Crippen molar-refractivity contribution in [1.82, 2.24) is 14.5 Å². The van der Waals surface area contributed by atoms with Gasteiger partial charge in [0.25, 0.3) is 0 Å². The maximum absolute atomic E-state index is 12.6. The number of nitrogens with one attached hydrogen (secondary N) is 1. The number of hydrogen-bond acceptors (Lipinski definition) is 6. The molecule has 1 aromatic rings. The number of amides is 1. The van der Waals surface area contributed by atoms with Crippen LogP contribution in [0, 0.1) is 6.92 Å². The molecule has 0 bridgehead atoms. The number of likely N-dealkylation sites (N-methyl/N-ethyl adjacent to an activating group) is 1. The lowest BCUT2D eigenvalue weighted by Crippen LogP contribution is -2.43. The minimum atomic E-state index is -3.67. The highest BCUT2D eigenvalue weighted by molar-refractivity contribution is 7.89. The lowest BCUT2D eigenvalue weighted by molar-refractivity contribution is -0.133. The van der Waals surface area contributed by atoms with Crippen LogP contribution in [0.15, 0.2) is 23.1 Å². The van der Waals surface area contributed by atoms with Crippen molar-refractivity contribution in [2.75, 3.05) is 40.8 Å². The highest BCUT2D eigenvalue weighted by atomic mass is 32.2. The molecule has 1 unspecified atom stereocenters. The Morgan fingerprint density at radius 3 is 2.64 bits per heavy atom. The summed E-state index contributed by atoms with van der Waals surface area (Å²) in [6.07, 6.45) is 2.42. The van der Waals surface area contributed by atoms with Crippen molar-refractivity contribution >= 4 is 21.9 Å². The van der Waals surface area contributed by atoms with Crippen LogP contribution in [0.2, 0.25) is 0 Å². The molecule has 1 aromatic carbocycles. The lowest BCUT2D eigenvalue weighted by atomic mass is 10.1. The van der Waals surface area contributed by atoms with Crippen LogP contribution in [0.25, 0.3) is 0 Å². The molecule has 1 fully saturated rings. The smallest absolute Gasteiger partial charge is 0.337 e. The molecule has 0 saturated carbocycles. The predicted molar refractivity (Wildman–Crippen MR) is 106 cm³/mol. The second-order valence-corrected chi connectivity index (χ2v) is 8.89. The Hall–Kier alpha value is -1.97. The fraction of sp³-hybridized carbons (Fsp3) is 0.579. The molecule has 1 aliphatic heterocycles. The third kappa shape index (κ3) is 5.30. The molecule has 9 heteroatoms. The van der Waals surface area contributed by atoms with E-state index in [1.165, 1.54) is 25.3 Å². The van der Waals surface area contributed by atoms with Crippen molar-refractivity contribution in [3.63, 3.8) is 0 Å². The SMILES string of the molecule is COC(=O)c1ccc(S(=O)(=O)NCCCN2CCCC2C(=O)N(C)C)c(C)c1. The average molecular weight is 412 g/mol. The van der Waals surface area contributed by atoms with Crippen LogP contribution < -0.4 is 4.72 Å². The highest BCUT2D eigenvalue weighted by Gasteiger charge is 2.31. The lowest BCUT2D eigenvalue weighted by Gasteiger charge is -2.26. The fourth-order valence-electron chi connectivity index (χ4n) is 3.43. The molecule has 156 valence electrons. The van der Waals surface area contributed by atoms with E-state index in [0.717, 1.165) is 19.4 Å². The van der Waals surface area contributed by atoms with Gasteiger partial charge in [-0.2, -0.15) is 0 Å². The summed E-state index contributed by atoms with van der Waals surface area (Å²) in [5.74, 6) is -0.410. The second kappa shape index (κ2) is 9.49. The molecule has 1 heterocycles. The van der Waals surface area contributed by atoms with Gasteiger partial charge in [0.2, 0.25) is 15.9 Å². The zero-order chi connectivity index (χ0) is 20.9. The van der Waals surface area contributed by atoms with Gasteiger partial charge in [0.15, 0.2) is 0 Å². The number of sulfonamides is 1. The third-order valence-corrected chi connectivity index (χ3v) is 6.51. The number of esters is 1. The summed E-state index contributed by atoms with van der Waals surface area (Å²) in [6.45, 7) is 3.43. The molecule has 0 aromatic heterocycles. The number of hydrogen-bond donors (Lipinski definition) is 1. The number of rotatable bonds is 8. The number of likely N-dealkylation sites (tertiary alicyclic amines) is 1. The van der Waals surface area contributed by atoms with Crippen molar-refractivity contribution in [2.24, 2.45) is 0 Å². The summed E-state index contributed by atoms with van der Waals surface area (Å²) in [6, 6.07) is 4.24. The van der Waals surface area contributed by atoms with Gasteiger partial charge in [-0.25, -0.2) is 17.9 Å². The van der Waals surface area contributed by atoms with Crippen molar-refractivity contribution in [3.8, 4) is 0 Å². The molecule has 1 N–H and O–H groups in total. The van der Waals surface area contributed by atoms with Gasteiger partial charge in [0.05, 0.1) is 23.6 Å². The minimum absolute atomic E-state index is 0.0967. The van der Waals surface area contributed by atoms with E-state index in [4.69, 9.17) is 0 Å². The number of benzene rings is 1. The van der Waals surface area contributed by atoms with Crippen LogP contribution >= 0.6 is 0 Å². The number of aryl methyl sites for hydroxylation is 1. The Kier molecular flexibility index (Phi) is 7.56. The van der Waals surface area contributed by atoms with E-state index in [9.17, 15) is 18.0 Å². The molecule has 28 heavy (non-hydrogen) atoms. The Labute approximate surface area is 166 Å². The van der Waals surface area contributed by atoms with Crippen LogP contribution in [0.3, 0.4) is 0 Å². The Morgan fingerprint density at radius 2 is 2.04 bits per heavy atom. The van der Waals surface area contributed by atoms with Gasteiger partial charge < -0.3 is 9.64 Å². The normalized spacial score (nSPS) is 17.5. The van der Waals surface area contributed by atoms with Crippen molar-refractivity contribution < 1.29 is 22.7 Å². The number of nitrogens with zero attached hydrogens (tertiary/aromatic N) is 2. The van der Waals surface area contributed by atoms with E-state index < -0.39 is 16.0 Å². The molecule has 1 amide bonds. The molecule has 0 radical (unpaired) electrons. The molecule has 8 nitrogen and oxygen atoms in total. The van der Waals surface area contributed by atoms with Crippen molar-refractivity contribution in [2.45, 2.75) is 37.1 Å². The van der Waals surface area contributed by atoms with Gasteiger partial charge >= 0.3 is 5.97 Å². The summed E-state index contributed by atoms with van der Waals surface area (Å²) in [4.78, 5) is 27.6. The molecule has 1 atom stereocenters. The third-order valence-electron chi connectivity index (χ3n) is 4.89. The first-order valence-corrected chi connectivity index (χ1v) is 10.8. The van der Waals surface area contributed by atoms with E-state index >= 15 is 0 Å². The largest absolute Gasteiger partial charge is 0.465 e. The fourth-order valence-corrected chi connectivity index (χ4v) is 4.73. The van der Waals surface area contributed by atoms with Gasteiger partial charge in [-0.05, 0) is 56.5 Å². The summed E-state index contributed by atoms with van der Waals surface area (Å²) < 4.78 is 32.4. The molecular formula is C19H29N3O5S. The zero-order valence-corrected chi connectivity index (χ0v) is 17.7. The number of carbonyl (C=O) groups excluding carboxylic acids is 2. The van der Waals surface area contributed by atoms with Crippen LogP contribution in [-0.4, -0.2) is 77.0 Å². The maximum atomic E-state index is 12.6. The highest BCUT2D eigenvalue weighted by Crippen LogP contribution is 2.19. The maximum Gasteiger partial charge on any atom is 0.337 e. The van der Waals surface area contributed by atoms with Crippen LogP contribution in [0.1, 0.15) is 35.2 Å². The van der Waals surface area contributed by atoms with Crippen molar-refractivity contribution in [1.29, 1.82) is 0 Å². The van der Waals surface area contributed by atoms with E-state index in [1.807, 2.05) is 0 Å². The summed E-state index contributed by atoms with van der Waals surface area (Å²) >= 11 is 0. The summed E-state index contributed by atoms with van der Waals surface area (Å²) in [5.41, 5.74) is 0.788. The van der Waals surface area contributed by atoms with Gasteiger partial charge in [-0.3, -0.25) is 9.69 Å². The molecular weight excluding hydrogens is 382 g/mol. The van der Waals surface area contributed by atoms with Gasteiger partial charge in [-0.15, -0.1) is 0 Å². The monoisotopic (exact) mass is 411 g/mol. The average Bonchev–Trinajstić information content (AvgIpc) is 3.11. The van der Waals surface area contributed by atoms with Crippen LogP contribution in [0.4, 0.5) is 0 Å². The number of carbonyl (C=O) groups is 2. The zero-order valence-electron chi connectivity index (χ0n) is 16.9. The molecule has 0 spiro atoms.